The van der Waals surface area contributed by atoms with E-state index in [1.54, 1.807) is 27.2 Å². The number of hydrogen-bond acceptors (Lipinski definition) is 7. The molecule has 2 aliphatic rings. The highest BCUT2D eigenvalue weighted by Crippen LogP contribution is 2.41. The van der Waals surface area contributed by atoms with Gasteiger partial charge in [0.2, 0.25) is 10.0 Å². The maximum atomic E-state index is 13.5. The Kier molecular flexibility index (Phi) is 4.12. The van der Waals surface area contributed by atoms with Crippen molar-refractivity contribution in [1.29, 1.82) is 0 Å². The molecule has 0 aliphatic carbocycles. The quantitative estimate of drug-likeness (QED) is 0.692. The number of rotatable bonds is 3. The van der Waals surface area contributed by atoms with Crippen molar-refractivity contribution in [2.24, 2.45) is 0 Å². The summed E-state index contributed by atoms with van der Waals surface area (Å²) < 4.78 is 35.9. The second-order valence-electron chi connectivity index (χ2n) is 7.71. The number of sulfonamides is 1. The summed E-state index contributed by atoms with van der Waals surface area (Å²) in [5, 5.41) is 4.23. The Bertz CT molecular complexity index is 1190. The van der Waals surface area contributed by atoms with Crippen LogP contribution < -0.4 is 5.73 Å². The first-order valence-corrected chi connectivity index (χ1v) is 11.0. The summed E-state index contributed by atoms with van der Waals surface area (Å²) in [5.41, 5.74) is 8.25. The zero-order chi connectivity index (χ0) is 20.2. The van der Waals surface area contributed by atoms with Gasteiger partial charge in [0.1, 0.15) is 6.33 Å². The van der Waals surface area contributed by atoms with Crippen LogP contribution in [0.1, 0.15) is 24.8 Å². The maximum absolute atomic E-state index is 13.5. The molecule has 0 amide bonds. The largest absolute Gasteiger partial charge is 0.381 e. The molecule has 3 aromatic rings. The van der Waals surface area contributed by atoms with Crippen LogP contribution in [0.25, 0.3) is 16.9 Å². The van der Waals surface area contributed by atoms with E-state index in [0.29, 0.717) is 31.1 Å². The highest BCUT2D eigenvalue weighted by atomic mass is 32.2. The van der Waals surface area contributed by atoms with E-state index >= 15 is 0 Å². The van der Waals surface area contributed by atoms with E-state index in [4.69, 9.17) is 10.5 Å². The van der Waals surface area contributed by atoms with Crippen LogP contribution in [-0.4, -0.2) is 57.6 Å². The summed E-state index contributed by atoms with van der Waals surface area (Å²) in [5.74, 6) is 0.271. The van der Waals surface area contributed by atoms with Gasteiger partial charge in [0.15, 0.2) is 11.5 Å². The van der Waals surface area contributed by atoms with Gasteiger partial charge in [0.05, 0.1) is 28.9 Å². The molecule has 2 aliphatic heterocycles. The molecule has 2 aromatic heterocycles. The van der Waals surface area contributed by atoms with Crippen LogP contribution in [0.15, 0.2) is 35.6 Å². The molecule has 152 valence electrons. The predicted octanol–water partition coefficient (Wildman–Crippen LogP) is 1.63. The lowest BCUT2D eigenvalue weighted by atomic mass is 9.97. The lowest BCUT2D eigenvalue weighted by Crippen LogP contribution is -2.47. The number of nitrogen functional groups attached to an aromatic ring is 1. The number of ether oxygens (including phenoxy) is 1. The van der Waals surface area contributed by atoms with Gasteiger partial charge >= 0.3 is 0 Å². The highest BCUT2D eigenvalue weighted by molar-refractivity contribution is 7.89. The second kappa shape index (κ2) is 6.48. The fourth-order valence-corrected chi connectivity index (χ4v) is 6.34. The lowest BCUT2D eigenvalue weighted by Gasteiger charge is -2.32. The number of imidazole rings is 1. The van der Waals surface area contributed by atoms with Gasteiger partial charge < -0.3 is 10.5 Å². The number of fused-ring (bicyclic) bond motifs is 1. The van der Waals surface area contributed by atoms with E-state index < -0.39 is 15.6 Å². The minimum atomic E-state index is -3.66. The van der Waals surface area contributed by atoms with Crippen molar-refractivity contribution in [3.8, 4) is 11.3 Å². The predicted molar refractivity (Wildman–Crippen MR) is 107 cm³/mol. The fourth-order valence-electron chi connectivity index (χ4n) is 4.46. The molecule has 5 rings (SSSR count). The van der Waals surface area contributed by atoms with Crippen molar-refractivity contribution < 1.29 is 13.2 Å². The van der Waals surface area contributed by atoms with Crippen LogP contribution >= 0.6 is 0 Å². The van der Waals surface area contributed by atoms with Crippen molar-refractivity contribution >= 4 is 21.5 Å². The van der Waals surface area contributed by atoms with Crippen molar-refractivity contribution in [2.75, 3.05) is 25.5 Å². The van der Waals surface area contributed by atoms with E-state index in [-0.39, 0.29) is 10.7 Å². The van der Waals surface area contributed by atoms with Crippen molar-refractivity contribution in [2.45, 2.75) is 36.6 Å². The normalized spacial score (nSPS) is 22.8. The molecule has 0 bridgehead atoms. The molecule has 2 fully saturated rings. The average molecular weight is 414 g/mol. The number of anilines is 1. The lowest BCUT2D eigenvalue weighted by molar-refractivity contribution is 0.147. The Balaban J connectivity index is 1.62. The molecular weight excluding hydrogens is 392 g/mol. The van der Waals surface area contributed by atoms with Gasteiger partial charge in [-0.2, -0.15) is 9.40 Å². The summed E-state index contributed by atoms with van der Waals surface area (Å²) in [6.07, 6.45) is 5.44. The van der Waals surface area contributed by atoms with Crippen molar-refractivity contribution in [3.05, 3.63) is 36.3 Å². The Morgan fingerprint density at radius 2 is 2.10 bits per heavy atom. The van der Waals surface area contributed by atoms with E-state index in [1.807, 2.05) is 13.0 Å². The number of aromatic nitrogens is 4. The third kappa shape index (κ3) is 2.74. The van der Waals surface area contributed by atoms with Crippen LogP contribution in [0.3, 0.4) is 0 Å². The van der Waals surface area contributed by atoms with Gasteiger partial charge in [0, 0.05) is 18.7 Å². The van der Waals surface area contributed by atoms with Gasteiger partial charge in [-0.05, 0) is 43.9 Å². The molecule has 29 heavy (non-hydrogen) atoms. The zero-order valence-electron chi connectivity index (χ0n) is 16.1. The molecule has 1 spiro atoms. The van der Waals surface area contributed by atoms with E-state index in [2.05, 4.69) is 15.1 Å². The fraction of sp³-hybridized carbons (Fsp3) is 0.421. The number of nitrogens with two attached hydrogens (primary N) is 1. The van der Waals surface area contributed by atoms with Crippen LogP contribution in [0.5, 0.6) is 0 Å². The van der Waals surface area contributed by atoms with Gasteiger partial charge in [-0.25, -0.2) is 22.9 Å². The summed E-state index contributed by atoms with van der Waals surface area (Å²) in [6, 6.07) is 5.19. The minimum Gasteiger partial charge on any atom is -0.381 e. The van der Waals surface area contributed by atoms with Crippen molar-refractivity contribution in [1.82, 2.24) is 23.9 Å². The number of nitrogens with zero attached hydrogens (tertiary/aromatic N) is 5. The van der Waals surface area contributed by atoms with Crippen LogP contribution in [-0.2, 0) is 14.8 Å². The number of hydrogen-bond donors (Lipinski definition) is 1. The molecule has 0 saturated carbocycles. The second-order valence-corrected chi connectivity index (χ2v) is 9.57. The standard InChI is InChI=1S/C19H22N6O3S/c1-13-3-4-14(29(26,27)24-7-2-5-19(24)6-8-28-11-19)9-15(13)16-10-21-18-17(20)22-12-23-25(16)18/h3-4,9-10,12H,2,5-8,11H2,1H3,(H2,20,22,23). The Morgan fingerprint density at radius 3 is 2.90 bits per heavy atom. The third-order valence-electron chi connectivity index (χ3n) is 6.02. The molecule has 9 nitrogen and oxygen atoms in total. The third-order valence-corrected chi connectivity index (χ3v) is 8.02. The molecule has 2 N–H and O–H groups in total. The molecule has 1 atom stereocenters. The van der Waals surface area contributed by atoms with Crippen LogP contribution in [0.4, 0.5) is 5.82 Å². The Labute approximate surface area is 168 Å². The summed E-state index contributed by atoms with van der Waals surface area (Å²) in [4.78, 5) is 8.52. The van der Waals surface area contributed by atoms with Crippen LogP contribution in [0, 0.1) is 6.92 Å². The van der Waals surface area contributed by atoms with Gasteiger partial charge in [-0.1, -0.05) is 6.07 Å². The van der Waals surface area contributed by atoms with Gasteiger partial charge in [-0.3, -0.25) is 0 Å². The SMILES string of the molecule is Cc1ccc(S(=O)(=O)N2CCCC23CCOC3)cc1-c1cnc2c(N)ncnn12. The molecule has 0 radical (unpaired) electrons. The maximum Gasteiger partial charge on any atom is 0.243 e. The van der Waals surface area contributed by atoms with Gasteiger partial charge in [-0.15, -0.1) is 0 Å². The summed E-state index contributed by atoms with van der Waals surface area (Å²) in [6.45, 7) is 3.52. The minimum absolute atomic E-state index is 0.267. The summed E-state index contributed by atoms with van der Waals surface area (Å²) in [7, 11) is -3.66. The van der Waals surface area contributed by atoms with Crippen molar-refractivity contribution in [3.63, 3.8) is 0 Å². The molecule has 4 heterocycles. The average Bonchev–Trinajstić information content (AvgIpc) is 3.44. The first kappa shape index (κ1) is 18.5. The summed E-state index contributed by atoms with van der Waals surface area (Å²) >= 11 is 0. The zero-order valence-corrected chi connectivity index (χ0v) is 16.9. The Morgan fingerprint density at radius 1 is 1.24 bits per heavy atom. The highest BCUT2D eigenvalue weighted by Gasteiger charge is 2.49. The monoisotopic (exact) mass is 414 g/mol. The van der Waals surface area contributed by atoms with E-state index in [9.17, 15) is 8.42 Å². The van der Waals surface area contributed by atoms with Gasteiger partial charge in [0.25, 0.3) is 0 Å². The number of benzene rings is 1. The number of aryl methyl sites for hydroxylation is 1. The molecular formula is C19H22N6O3S. The molecule has 2 saturated heterocycles. The first-order chi connectivity index (χ1) is 13.9. The van der Waals surface area contributed by atoms with E-state index in [1.165, 1.54) is 6.33 Å². The molecule has 10 heteroatoms. The first-order valence-electron chi connectivity index (χ1n) is 9.58. The van der Waals surface area contributed by atoms with E-state index in [0.717, 1.165) is 30.4 Å². The Hall–Kier alpha value is -2.56. The topological polar surface area (TPSA) is 116 Å². The molecule has 1 unspecified atom stereocenters. The van der Waals surface area contributed by atoms with Crippen LogP contribution in [0.2, 0.25) is 0 Å². The molecule has 1 aromatic carbocycles. The smallest absolute Gasteiger partial charge is 0.243 e.